The zero-order valence-electron chi connectivity index (χ0n) is 9.73. The molecule has 2 rings (SSSR count). The molecule has 2 heteroatoms. The van der Waals surface area contributed by atoms with Gasteiger partial charge in [-0.2, -0.15) is 0 Å². The first-order chi connectivity index (χ1) is 8.33. The molecule has 0 N–H and O–H groups in total. The molecule has 0 spiro atoms. The van der Waals surface area contributed by atoms with Gasteiger partial charge in [0.15, 0.2) is 5.78 Å². The highest BCUT2D eigenvalue weighted by Crippen LogP contribution is 2.18. The predicted molar refractivity (Wildman–Crippen MR) is 68.8 cm³/mol. The summed E-state index contributed by atoms with van der Waals surface area (Å²) in [6.07, 6.45) is 2.82. The van der Waals surface area contributed by atoms with Gasteiger partial charge in [-0.1, -0.05) is 18.2 Å². The van der Waals surface area contributed by atoms with Gasteiger partial charge in [0.05, 0.1) is 5.52 Å². The van der Waals surface area contributed by atoms with Gasteiger partial charge in [-0.05, 0) is 19.1 Å². The van der Waals surface area contributed by atoms with Crippen LogP contribution >= 0.6 is 0 Å². The van der Waals surface area contributed by atoms with E-state index in [0.717, 1.165) is 16.5 Å². The van der Waals surface area contributed by atoms with Gasteiger partial charge in [0, 0.05) is 30.0 Å². The van der Waals surface area contributed by atoms with Crippen molar-refractivity contribution in [1.82, 2.24) is 4.98 Å². The molecule has 0 bridgehead atoms. The molecular weight excluding hydrogens is 210 g/mol. The molecule has 0 unspecified atom stereocenters. The summed E-state index contributed by atoms with van der Waals surface area (Å²) in [6, 6.07) is 9.42. The Kier molecular flexibility index (Phi) is 3.52. The van der Waals surface area contributed by atoms with Crippen LogP contribution in [0.3, 0.4) is 0 Å². The number of carbonyl (C=O) groups excluding carboxylic acids is 1. The molecule has 0 fully saturated rings. The predicted octanol–water partition coefficient (Wildman–Crippen LogP) is 3.22. The van der Waals surface area contributed by atoms with Crippen LogP contribution in [0.25, 0.3) is 10.9 Å². The fourth-order valence-corrected chi connectivity index (χ4v) is 1.78. The first-order valence-electron chi connectivity index (χ1n) is 5.59. The van der Waals surface area contributed by atoms with Crippen molar-refractivity contribution >= 4 is 16.7 Å². The molecule has 84 valence electrons. The van der Waals surface area contributed by atoms with Crippen LogP contribution in [0, 0.1) is 11.8 Å². The van der Waals surface area contributed by atoms with Crippen molar-refractivity contribution in [3.05, 3.63) is 42.1 Å². The number of benzene rings is 1. The molecule has 0 aliphatic rings. The summed E-state index contributed by atoms with van der Waals surface area (Å²) in [5.41, 5.74) is 1.61. The summed E-state index contributed by atoms with van der Waals surface area (Å²) in [5, 5.41) is 0.921. The second-order valence-corrected chi connectivity index (χ2v) is 3.73. The van der Waals surface area contributed by atoms with Crippen molar-refractivity contribution in [2.75, 3.05) is 0 Å². The molecule has 2 nitrogen and oxygen atoms in total. The molecule has 0 aliphatic carbocycles. The molecule has 17 heavy (non-hydrogen) atoms. The van der Waals surface area contributed by atoms with Crippen LogP contribution in [-0.2, 0) is 0 Å². The molecule has 1 aromatic carbocycles. The van der Waals surface area contributed by atoms with E-state index in [1.54, 1.807) is 13.1 Å². The Morgan fingerprint density at radius 2 is 2.18 bits per heavy atom. The van der Waals surface area contributed by atoms with Crippen LogP contribution in [0.15, 0.2) is 36.5 Å². The van der Waals surface area contributed by atoms with Gasteiger partial charge in [0.2, 0.25) is 0 Å². The summed E-state index contributed by atoms with van der Waals surface area (Å²) in [6.45, 7) is 1.78. The highest BCUT2D eigenvalue weighted by Gasteiger charge is 2.08. The van der Waals surface area contributed by atoms with Gasteiger partial charge in [-0.3, -0.25) is 9.78 Å². The number of aromatic nitrogens is 1. The Hall–Kier alpha value is -2.14. The second-order valence-electron chi connectivity index (χ2n) is 3.73. The minimum atomic E-state index is 0.131. The van der Waals surface area contributed by atoms with E-state index in [4.69, 9.17) is 0 Å². The van der Waals surface area contributed by atoms with Crippen LogP contribution < -0.4 is 0 Å². The van der Waals surface area contributed by atoms with Gasteiger partial charge in [-0.15, -0.1) is 11.8 Å². The quantitative estimate of drug-likeness (QED) is 0.590. The van der Waals surface area contributed by atoms with Gasteiger partial charge in [0.1, 0.15) is 0 Å². The van der Waals surface area contributed by atoms with Crippen molar-refractivity contribution in [3.8, 4) is 11.8 Å². The Morgan fingerprint density at radius 1 is 1.29 bits per heavy atom. The van der Waals surface area contributed by atoms with Crippen LogP contribution in [-0.4, -0.2) is 10.8 Å². The highest BCUT2D eigenvalue weighted by atomic mass is 16.1. The number of pyridine rings is 1. The van der Waals surface area contributed by atoms with Crippen LogP contribution in [0.2, 0.25) is 0 Å². The fourth-order valence-electron chi connectivity index (χ4n) is 1.78. The van der Waals surface area contributed by atoms with E-state index >= 15 is 0 Å². The Morgan fingerprint density at radius 3 is 3.00 bits per heavy atom. The lowest BCUT2D eigenvalue weighted by Gasteiger charge is -2.03. The summed E-state index contributed by atoms with van der Waals surface area (Å²) < 4.78 is 0. The van der Waals surface area contributed by atoms with E-state index in [9.17, 15) is 4.79 Å². The number of rotatable bonds is 3. The Labute approximate surface area is 101 Å². The average molecular weight is 223 g/mol. The number of carbonyl (C=O) groups is 1. The summed E-state index contributed by atoms with van der Waals surface area (Å²) in [4.78, 5) is 16.3. The van der Waals surface area contributed by atoms with Crippen molar-refractivity contribution < 1.29 is 4.79 Å². The third-order valence-corrected chi connectivity index (χ3v) is 2.60. The van der Waals surface area contributed by atoms with Gasteiger partial charge < -0.3 is 0 Å². The third-order valence-electron chi connectivity index (χ3n) is 2.60. The zero-order chi connectivity index (χ0) is 12.1. The molecule has 0 amide bonds. The van der Waals surface area contributed by atoms with Crippen LogP contribution in [0.1, 0.15) is 30.1 Å². The van der Waals surface area contributed by atoms with Crippen molar-refractivity contribution in [2.24, 2.45) is 0 Å². The maximum Gasteiger partial charge on any atom is 0.164 e. The van der Waals surface area contributed by atoms with Gasteiger partial charge in [-0.25, -0.2) is 0 Å². The molecule has 0 radical (unpaired) electrons. The minimum Gasteiger partial charge on any atom is -0.294 e. The maximum atomic E-state index is 12.0. The number of nitrogens with zero attached hydrogens (tertiary/aromatic N) is 1. The largest absolute Gasteiger partial charge is 0.294 e. The first kappa shape index (κ1) is 11.3. The smallest absolute Gasteiger partial charge is 0.164 e. The monoisotopic (exact) mass is 223 g/mol. The van der Waals surface area contributed by atoms with E-state index in [-0.39, 0.29) is 5.78 Å². The number of hydrogen-bond donors (Lipinski definition) is 0. The number of Topliss-reactive ketones (excluding diaryl/α,β-unsaturated/α-hetero) is 1. The van der Waals surface area contributed by atoms with Crippen molar-refractivity contribution in [2.45, 2.75) is 19.8 Å². The van der Waals surface area contributed by atoms with E-state index in [1.807, 2.05) is 30.3 Å². The van der Waals surface area contributed by atoms with E-state index in [0.29, 0.717) is 12.8 Å². The van der Waals surface area contributed by atoms with Crippen LogP contribution in [0.5, 0.6) is 0 Å². The minimum absolute atomic E-state index is 0.131. The van der Waals surface area contributed by atoms with Crippen LogP contribution in [0.4, 0.5) is 0 Å². The maximum absolute atomic E-state index is 12.0. The number of ketones is 1. The van der Waals surface area contributed by atoms with Crippen molar-refractivity contribution in [3.63, 3.8) is 0 Å². The SMILES string of the molecule is CC#CCCC(=O)c1cccc2ncccc12. The number of fused-ring (bicyclic) bond motifs is 1. The molecule has 0 saturated heterocycles. The van der Waals surface area contributed by atoms with E-state index in [1.165, 1.54) is 0 Å². The lowest BCUT2D eigenvalue weighted by atomic mass is 10.0. The first-order valence-corrected chi connectivity index (χ1v) is 5.59. The second kappa shape index (κ2) is 5.27. The van der Waals surface area contributed by atoms with Crippen molar-refractivity contribution in [1.29, 1.82) is 0 Å². The number of hydrogen-bond acceptors (Lipinski definition) is 2. The average Bonchev–Trinajstić information content (AvgIpc) is 2.38. The lowest BCUT2D eigenvalue weighted by molar-refractivity contribution is 0.0986. The molecule has 0 saturated carbocycles. The molecule has 2 aromatic rings. The topological polar surface area (TPSA) is 30.0 Å². The summed E-state index contributed by atoms with van der Waals surface area (Å²) in [7, 11) is 0. The standard InChI is InChI=1S/C15H13NO/c1-2-3-4-10-15(17)13-7-5-9-14-12(13)8-6-11-16-14/h5-9,11H,4,10H2,1H3. The van der Waals surface area contributed by atoms with E-state index in [2.05, 4.69) is 16.8 Å². The highest BCUT2D eigenvalue weighted by molar-refractivity contribution is 6.07. The third kappa shape index (κ3) is 2.51. The van der Waals surface area contributed by atoms with Gasteiger partial charge >= 0.3 is 0 Å². The lowest BCUT2D eigenvalue weighted by Crippen LogP contribution is -1.99. The summed E-state index contributed by atoms with van der Waals surface area (Å²) >= 11 is 0. The molecular formula is C15H13NO. The normalized spacial score (nSPS) is 9.71. The molecule has 0 atom stereocenters. The zero-order valence-corrected chi connectivity index (χ0v) is 9.73. The molecule has 0 aliphatic heterocycles. The molecule has 1 heterocycles. The Balaban J connectivity index is 2.34. The molecule has 1 aromatic heterocycles. The van der Waals surface area contributed by atoms with Gasteiger partial charge in [0.25, 0.3) is 0 Å². The Bertz CT molecular complexity index is 600. The summed E-state index contributed by atoms with van der Waals surface area (Å²) in [5.74, 6) is 5.84. The fraction of sp³-hybridized carbons (Fsp3) is 0.200. The van der Waals surface area contributed by atoms with E-state index < -0.39 is 0 Å².